The van der Waals surface area contributed by atoms with Crippen LogP contribution in [0.25, 0.3) is 10.9 Å². The van der Waals surface area contributed by atoms with E-state index in [0.717, 1.165) is 10.9 Å². The van der Waals surface area contributed by atoms with Crippen molar-refractivity contribution in [3.8, 4) is 6.07 Å². The number of amides is 1. The Morgan fingerprint density at radius 1 is 1.41 bits per heavy atom. The van der Waals surface area contributed by atoms with Gasteiger partial charge in [-0.15, -0.1) is 0 Å². The lowest BCUT2D eigenvalue weighted by Gasteiger charge is -2.09. The van der Waals surface area contributed by atoms with Crippen LogP contribution in [0.4, 0.5) is 0 Å². The second-order valence-electron chi connectivity index (χ2n) is 5.15. The number of rotatable bonds is 3. The smallest absolute Gasteiger partial charge is 0.268 e. The van der Waals surface area contributed by atoms with E-state index in [-0.39, 0.29) is 11.9 Å². The third-order valence-electron chi connectivity index (χ3n) is 3.43. The Kier molecular flexibility index (Phi) is 3.39. The molecule has 0 saturated heterocycles. The van der Waals surface area contributed by atoms with E-state index < -0.39 is 0 Å². The molecule has 1 atom stereocenters. The zero-order valence-corrected chi connectivity index (χ0v) is 12.2. The molecule has 2 N–H and O–H groups in total. The number of nitrogens with one attached hydrogen (secondary N) is 2. The van der Waals surface area contributed by atoms with E-state index >= 15 is 0 Å². The first-order chi connectivity index (χ1) is 10.6. The summed E-state index contributed by atoms with van der Waals surface area (Å²) in [6.07, 6.45) is 0. The fourth-order valence-electron chi connectivity index (χ4n) is 2.26. The van der Waals surface area contributed by atoms with Crippen LogP contribution >= 0.6 is 0 Å². The summed E-state index contributed by atoms with van der Waals surface area (Å²) < 4.78 is 5.01. The number of aromatic amines is 1. The van der Waals surface area contributed by atoms with Crippen molar-refractivity contribution in [2.45, 2.75) is 19.9 Å². The summed E-state index contributed by atoms with van der Waals surface area (Å²) in [7, 11) is 0. The van der Waals surface area contributed by atoms with Crippen molar-refractivity contribution in [1.82, 2.24) is 15.5 Å². The van der Waals surface area contributed by atoms with E-state index in [1.165, 1.54) is 0 Å². The Morgan fingerprint density at radius 2 is 2.23 bits per heavy atom. The van der Waals surface area contributed by atoms with Gasteiger partial charge in [-0.25, -0.2) is 0 Å². The molecule has 0 aliphatic carbocycles. The molecule has 0 spiro atoms. The van der Waals surface area contributed by atoms with E-state index in [1.807, 2.05) is 6.92 Å². The lowest BCUT2D eigenvalue weighted by atomic mass is 10.2. The van der Waals surface area contributed by atoms with Crippen LogP contribution in [0.1, 0.15) is 40.5 Å². The van der Waals surface area contributed by atoms with Gasteiger partial charge in [-0.3, -0.25) is 4.79 Å². The number of hydrogen-bond donors (Lipinski definition) is 2. The summed E-state index contributed by atoms with van der Waals surface area (Å²) >= 11 is 0. The van der Waals surface area contributed by atoms with Crippen LogP contribution in [0.2, 0.25) is 0 Å². The maximum absolute atomic E-state index is 12.3. The van der Waals surface area contributed by atoms with Crippen LogP contribution in [0.15, 0.2) is 34.9 Å². The van der Waals surface area contributed by atoms with Crippen molar-refractivity contribution in [3.05, 3.63) is 53.0 Å². The molecule has 0 radical (unpaired) electrons. The standard InChI is InChI=1S/C16H14N4O2/c1-9-5-14(20-22-9)10(2)18-16(21)15-7-12-6-11(8-17)3-4-13(12)19-15/h3-7,10,19H,1-2H3,(H,18,21). The highest BCUT2D eigenvalue weighted by molar-refractivity contribution is 5.98. The maximum Gasteiger partial charge on any atom is 0.268 e. The van der Waals surface area contributed by atoms with Crippen molar-refractivity contribution >= 4 is 16.8 Å². The summed E-state index contributed by atoms with van der Waals surface area (Å²) in [6.45, 7) is 3.64. The minimum Gasteiger partial charge on any atom is -0.361 e. The molecule has 22 heavy (non-hydrogen) atoms. The average molecular weight is 294 g/mol. The van der Waals surface area contributed by atoms with E-state index in [4.69, 9.17) is 9.78 Å². The molecule has 0 fully saturated rings. The lowest BCUT2D eigenvalue weighted by molar-refractivity contribution is 0.0934. The van der Waals surface area contributed by atoms with Gasteiger partial charge in [-0.1, -0.05) is 5.16 Å². The van der Waals surface area contributed by atoms with Gasteiger partial charge in [0.1, 0.15) is 17.1 Å². The van der Waals surface area contributed by atoms with Crippen molar-refractivity contribution < 1.29 is 9.32 Å². The molecule has 3 rings (SSSR count). The van der Waals surface area contributed by atoms with Gasteiger partial charge in [-0.05, 0) is 38.1 Å². The van der Waals surface area contributed by atoms with Gasteiger partial charge in [0.15, 0.2) is 0 Å². The maximum atomic E-state index is 12.3. The van der Waals surface area contributed by atoms with Gasteiger partial charge >= 0.3 is 0 Å². The summed E-state index contributed by atoms with van der Waals surface area (Å²) in [4.78, 5) is 15.3. The van der Waals surface area contributed by atoms with E-state index in [2.05, 4.69) is 21.5 Å². The van der Waals surface area contributed by atoms with E-state index in [9.17, 15) is 4.79 Å². The molecular formula is C16H14N4O2. The van der Waals surface area contributed by atoms with Gasteiger partial charge in [-0.2, -0.15) is 5.26 Å². The highest BCUT2D eigenvalue weighted by atomic mass is 16.5. The second kappa shape index (κ2) is 5.37. The molecule has 0 aliphatic rings. The molecule has 6 heteroatoms. The first-order valence-corrected chi connectivity index (χ1v) is 6.84. The largest absolute Gasteiger partial charge is 0.361 e. The van der Waals surface area contributed by atoms with Gasteiger partial charge in [0.2, 0.25) is 0 Å². The lowest BCUT2D eigenvalue weighted by Crippen LogP contribution is -2.27. The molecule has 6 nitrogen and oxygen atoms in total. The molecule has 2 aromatic heterocycles. The van der Waals surface area contributed by atoms with Crippen LogP contribution < -0.4 is 5.32 Å². The van der Waals surface area contributed by atoms with Crippen LogP contribution in [0.5, 0.6) is 0 Å². The SMILES string of the molecule is Cc1cc(C(C)NC(=O)c2cc3cc(C#N)ccc3[nH]2)no1. The molecule has 0 saturated carbocycles. The van der Waals surface area contributed by atoms with E-state index in [0.29, 0.717) is 22.7 Å². The molecule has 1 aromatic carbocycles. The number of aryl methyl sites for hydroxylation is 1. The number of carbonyl (C=O) groups is 1. The number of H-pyrrole nitrogens is 1. The number of hydrogen-bond acceptors (Lipinski definition) is 4. The van der Waals surface area contributed by atoms with Crippen molar-refractivity contribution in [2.24, 2.45) is 0 Å². The first kappa shape index (κ1) is 13.9. The topological polar surface area (TPSA) is 94.7 Å². The predicted octanol–water partition coefficient (Wildman–Crippen LogP) is 2.83. The molecule has 1 amide bonds. The third-order valence-corrected chi connectivity index (χ3v) is 3.43. The average Bonchev–Trinajstić information content (AvgIpc) is 3.12. The van der Waals surface area contributed by atoms with Gasteiger partial charge in [0, 0.05) is 17.0 Å². The molecule has 3 aromatic rings. The van der Waals surface area contributed by atoms with Crippen LogP contribution in [0.3, 0.4) is 0 Å². The number of nitrogens with zero attached hydrogens (tertiary/aromatic N) is 2. The summed E-state index contributed by atoms with van der Waals surface area (Å²) in [5, 5.41) is 16.5. The Bertz CT molecular complexity index is 885. The highest BCUT2D eigenvalue weighted by Gasteiger charge is 2.16. The van der Waals surface area contributed by atoms with Crippen molar-refractivity contribution in [1.29, 1.82) is 5.26 Å². The Labute approximate surface area is 126 Å². The Morgan fingerprint density at radius 3 is 2.91 bits per heavy atom. The summed E-state index contributed by atoms with van der Waals surface area (Å²) in [5.41, 5.74) is 2.49. The number of benzene rings is 1. The fraction of sp³-hybridized carbons (Fsp3) is 0.188. The zero-order valence-electron chi connectivity index (χ0n) is 12.2. The molecule has 110 valence electrons. The molecule has 0 bridgehead atoms. The van der Waals surface area contributed by atoms with Crippen molar-refractivity contribution in [2.75, 3.05) is 0 Å². The number of fused-ring (bicyclic) bond motifs is 1. The van der Waals surface area contributed by atoms with Gasteiger partial charge in [0.25, 0.3) is 5.91 Å². The Hall–Kier alpha value is -3.07. The highest BCUT2D eigenvalue weighted by Crippen LogP contribution is 2.18. The zero-order chi connectivity index (χ0) is 15.7. The van der Waals surface area contributed by atoms with Crippen LogP contribution in [-0.2, 0) is 0 Å². The molecule has 1 unspecified atom stereocenters. The predicted molar refractivity (Wildman–Crippen MR) is 80.1 cm³/mol. The normalized spacial score (nSPS) is 12.0. The van der Waals surface area contributed by atoms with Crippen molar-refractivity contribution in [3.63, 3.8) is 0 Å². The molecular weight excluding hydrogens is 280 g/mol. The first-order valence-electron chi connectivity index (χ1n) is 6.84. The molecule has 2 heterocycles. The van der Waals surface area contributed by atoms with Gasteiger partial charge < -0.3 is 14.8 Å². The number of nitriles is 1. The van der Waals surface area contributed by atoms with Crippen LogP contribution in [-0.4, -0.2) is 16.0 Å². The quantitative estimate of drug-likeness (QED) is 0.776. The monoisotopic (exact) mass is 294 g/mol. The summed E-state index contributed by atoms with van der Waals surface area (Å²) in [6, 6.07) is 10.6. The number of carbonyl (C=O) groups excluding carboxylic acids is 1. The Balaban J connectivity index is 1.81. The minimum atomic E-state index is -0.258. The second-order valence-corrected chi connectivity index (χ2v) is 5.15. The van der Waals surface area contributed by atoms with E-state index in [1.54, 1.807) is 37.3 Å². The van der Waals surface area contributed by atoms with Crippen LogP contribution in [0, 0.1) is 18.3 Å². The molecule has 0 aliphatic heterocycles. The fourth-order valence-corrected chi connectivity index (χ4v) is 2.26. The summed E-state index contributed by atoms with van der Waals surface area (Å²) in [5.74, 6) is 0.466. The minimum absolute atomic E-state index is 0.233. The number of aromatic nitrogens is 2. The third kappa shape index (κ3) is 2.56. The van der Waals surface area contributed by atoms with Gasteiger partial charge in [0.05, 0.1) is 17.7 Å².